The van der Waals surface area contributed by atoms with Crippen molar-refractivity contribution in [1.82, 2.24) is 10.2 Å². The molecular formula is C13H22N2O4. The summed E-state index contributed by atoms with van der Waals surface area (Å²) in [6.45, 7) is 4.52. The van der Waals surface area contributed by atoms with Crippen LogP contribution in [0.3, 0.4) is 0 Å². The molecule has 0 bridgehead atoms. The van der Waals surface area contributed by atoms with Crippen molar-refractivity contribution in [2.24, 2.45) is 5.92 Å². The number of piperidine rings is 1. The molecule has 2 amide bonds. The minimum atomic E-state index is -0.914. The first-order valence-corrected chi connectivity index (χ1v) is 6.90. The molecule has 2 aliphatic rings. The first-order valence-electron chi connectivity index (χ1n) is 6.90. The summed E-state index contributed by atoms with van der Waals surface area (Å²) in [5.41, 5.74) is 0. The maximum Gasteiger partial charge on any atom is 0.318 e. The number of carboxylic acid groups (broad SMARTS) is 1. The summed E-state index contributed by atoms with van der Waals surface area (Å²) in [7, 11) is 0. The van der Waals surface area contributed by atoms with Crippen LogP contribution in [0, 0.1) is 5.92 Å². The monoisotopic (exact) mass is 270 g/mol. The predicted octanol–water partition coefficient (Wildman–Crippen LogP) is 1.06. The fourth-order valence-corrected chi connectivity index (χ4v) is 2.99. The Balaban J connectivity index is 1.98. The Morgan fingerprint density at radius 2 is 1.84 bits per heavy atom. The summed E-state index contributed by atoms with van der Waals surface area (Å²) in [6, 6.07) is -0.184. The number of carbonyl (C=O) groups excluding carboxylic acids is 1. The lowest BCUT2D eigenvalue weighted by atomic mass is 9.98. The molecule has 2 fully saturated rings. The third-order valence-corrected chi connectivity index (χ3v) is 4.13. The lowest BCUT2D eigenvalue weighted by Crippen LogP contribution is -2.55. The number of ether oxygens (including phenoxy) is 1. The van der Waals surface area contributed by atoms with Crippen LogP contribution in [0.15, 0.2) is 0 Å². The fourth-order valence-electron chi connectivity index (χ4n) is 2.99. The van der Waals surface area contributed by atoms with Crippen LogP contribution in [0.5, 0.6) is 0 Å². The molecule has 4 atom stereocenters. The van der Waals surface area contributed by atoms with Crippen molar-refractivity contribution in [2.45, 2.75) is 51.2 Å². The van der Waals surface area contributed by atoms with E-state index in [9.17, 15) is 9.59 Å². The number of aliphatic carboxylic acids is 1. The maximum absolute atomic E-state index is 12.3. The van der Waals surface area contributed by atoms with E-state index >= 15 is 0 Å². The molecule has 0 saturated carbocycles. The van der Waals surface area contributed by atoms with Crippen LogP contribution in [0.1, 0.15) is 33.1 Å². The minimum absolute atomic E-state index is 0.165. The second-order valence-corrected chi connectivity index (χ2v) is 5.57. The average molecular weight is 270 g/mol. The van der Waals surface area contributed by atoms with Crippen molar-refractivity contribution in [3.63, 3.8) is 0 Å². The summed E-state index contributed by atoms with van der Waals surface area (Å²) in [6.07, 6.45) is 3.14. The van der Waals surface area contributed by atoms with E-state index in [4.69, 9.17) is 9.84 Å². The number of carboxylic acids is 1. The molecule has 0 aliphatic carbocycles. The Morgan fingerprint density at radius 1 is 1.21 bits per heavy atom. The number of likely N-dealkylation sites (tertiary alicyclic amines) is 1. The van der Waals surface area contributed by atoms with Crippen LogP contribution in [0.25, 0.3) is 0 Å². The third-order valence-electron chi connectivity index (χ3n) is 4.13. The summed E-state index contributed by atoms with van der Waals surface area (Å²) >= 11 is 0. The van der Waals surface area contributed by atoms with Crippen LogP contribution in [0.2, 0.25) is 0 Å². The van der Waals surface area contributed by atoms with Gasteiger partial charge in [0.25, 0.3) is 0 Å². The molecule has 19 heavy (non-hydrogen) atoms. The van der Waals surface area contributed by atoms with Gasteiger partial charge in [0.05, 0.1) is 19.3 Å². The molecule has 0 aromatic heterocycles. The first-order chi connectivity index (χ1) is 9.00. The van der Waals surface area contributed by atoms with E-state index in [1.54, 1.807) is 0 Å². The lowest BCUT2D eigenvalue weighted by molar-refractivity contribution is -0.142. The van der Waals surface area contributed by atoms with E-state index in [0.717, 1.165) is 19.3 Å². The molecule has 6 nitrogen and oxygen atoms in total. The topological polar surface area (TPSA) is 78.9 Å². The zero-order valence-corrected chi connectivity index (χ0v) is 11.5. The number of urea groups is 1. The highest BCUT2D eigenvalue weighted by Crippen LogP contribution is 2.23. The van der Waals surface area contributed by atoms with Gasteiger partial charge in [-0.3, -0.25) is 4.79 Å². The van der Waals surface area contributed by atoms with Crippen LogP contribution < -0.4 is 5.32 Å². The molecule has 108 valence electrons. The average Bonchev–Trinajstić information content (AvgIpc) is 2.76. The number of hydrogen-bond donors (Lipinski definition) is 2. The lowest BCUT2D eigenvalue weighted by Gasteiger charge is -2.39. The molecule has 0 aromatic carbocycles. The van der Waals surface area contributed by atoms with Crippen molar-refractivity contribution in [3.8, 4) is 0 Å². The standard InChI is InChI=1S/C13H22N2O4/c1-8-4-3-5-9(2)15(8)13(18)14-11-7-19-6-10(11)12(16)17/h8-11H,3-7H2,1-2H3,(H,14,18)(H,16,17). The summed E-state index contributed by atoms with van der Waals surface area (Å²) in [5.74, 6) is -1.55. The van der Waals surface area contributed by atoms with Gasteiger partial charge in [-0.2, -0.15) is 0 Å². The van der Waals surface area contributed by atoms with Gasteiger partial charge in [0.1, 0.15) is 5.92 Å². The molecule has 2 N–H and O–H groups in total. The highest BCUT2D eigenvalue weighted by molar-refractivity contribution is 5.77. The SMILES string of the molecule is CC1CCCC(C)N1C(=O)NC1COCC1C(=O)O. The Labute approximate surface area is 113 Å². The normalized spacial score (nSPS) is 35.2. The second kappa shape index (κ2) is 5.77. The molecule has 2 saturated heterocycles. The smallest absolute Gasteiger partial charge is 0.318 e. The predicted molar refractivity (Wildman–Crippen MR) is 68.9 cm³/mol. The van der Waals surface area contributed by atoms with Crippen molar-refractivity contribution in [3.05, 3.63) is 0 Å². The summed E-state index contributed by atoms with van der Waals surface area (Å²) in [5, 5.41) is 11.9. The van der Waals surface area contributed by atoms with Crippen LogP contribution >= 0.6 is 0 Å². The van der Waals surface area contributed by atoms with Gasteiger partial charge >= 0.3 is 12.0 Å². The van der Waals surface area contributed by atoms with E-state index in [0.29, 0.717) is 0 Å². The van der Waals surface area contributed by atoms with Crippen molar-refractivity contribution >= 4 is 12.0 Å². The summed E-state index contributed by atoms with van der Waals surface area (Å²) < 4.78 is 5.16. The molecule has 6 heteroatoms. The van der Waals surface area contributed by atoms with Crippen molar-refractivity contribution in [2.75, 3.05) is 13.2 Å². The second-order valence-electron chi connectivity index (χ2n) is 5.57. The Morgan fingerprint density at radius 3 is 2.42 bits per heavy atom. The van der Waals surface area contributed by atoms with Gasteiger partial charge in [-0.1, -0.05) is 0 Å². The van der Waals surface area contributed by atoms with Gasteiger partial charge in [0.2, 0.25) is 0 Å². The number of nitrogens with one attached hydrogen (secondary N) is 1. The maximum atomic E-state index is 12.3. The van der Waals surface area contributed by atoms with E-state index in [-0.39, 0.29) is 31.3 Å². The molecule has 2 aliphatic heterocycles. The van der Waals surface area contributed by atoms with Crippen LogP contribution in [-0.4, -0.2) is 53.3 Å². The highest BCUT2D eigenvalue weighted by Gasteiger charge is 2.37. The Kier molecular flexibility index (Phi) is 4.29. The van der Waals surface area contributed by atoms with Crippen molar-refractivity contribution in [1.29, 1.82) is 0 Å². The van der Waals surface area contributed by atoms with Crippen LogP contribution in [0.4, 0.5) is 4.79 Å². The van der Waals surface area contributed by atoms with Gasteiger partial charge < -0.3 is 20.1 Å². The van der Waals surface area contributed by atoms with E-state index < -0.39 is 17.9 Å². The third kappa shape index (κ3) is 3.00. The number of nitrogens with zero attached hydrogens (tertiary/aromatic N) is 1. The molecule has 0 radical (unpaired) electrons. The number of carbonyl (C=O) groups is 2. The quantitative estimate of drug-likeness (QED) is 0.786. The van der Waals surface area contributed by atoms with E-state index in [1.165, 1.54) is 0 Å². The van der Waals surface area contributed by atoms with Crippen LogP contribution in [-0.2, 0) is 9.53 Å². The molecule has 2 rings (SSSR count). The zero-order chi connectivity index (χ0) is 14.0. The fraction of sp³-hybridized carbons (Fsp3) is 0.846. The summed E-state index contributed by atoms with van der Waals surface area (Å²) in [4.78, 5) is 25.2. The van der Waals surface area contributed by atoms with Gasteiger partial charge in [-0.05, 0) is 33.1 Å². The van der Waals surface area contributed by atoms with Crippen molar-refractivity contribution < 1.29 is 19.4 Å². The Hall–Kier alpha value is -1.30. The molecule has 2 heterocycles. The first kappa shape index (κ1) is 14.1. The number of amides is 2. The Bertz CT molecular complexity index is 351. The molecular weight excluding hydrogens is 248 g/mol. The molecule has 0 aromatic rings. The van der Waals surface area contributed by atoms with E-state index in [1.807, 2.05) is 18.7 Å². The molecule has 4 unspecified atom stereocenters. The highest BCUT2D eigenvalue weighted by atomic mass is 16.5. The van der Waals surface area contributed by atoms with Gasteiger partial charge in [-0.25, -0.2) is 4.79 Å². The van der Waals surface area contributed by atoms with Gasteiger partial charge in [0, 0.05) is 12.1 Å². The van der Waals surface area contributed by atoms with Gasteiger partial charge in [0.15, 0.2) is 0 Å². The number of hydrogen-bond acceptors (Lipinski definition) is 3. The largest absolute Gasteiger partial charge is 0.481 e. The molecule has 0 spiro atoms. The minimum Gasteiger partial charge on any atom is -0.481 e. The number of rotatable bonds is 2. The zero-order valence-electron chi connectivity index (χ0n) is 11.5. The van der Waals surface area contributed by atoms with Gasteiger partial charge in [-0.15, -0.1) is 0 Å². The van der Waals surface area contributed by atoms with E-state index in [2.05, 4.69) is 5.32 Å².